The first-order chi connectivity index (χ1) is 11.6. The third kappa shape index (κ3) is 5.93. The van der Waals surface area contributed by atoms with Crippen LogP contribution in [-0.4, -0.2) is 19.1 Å². The second-order valence-electron chi connectivity index (χ2n) is 4.64. The summed E-state index contributed by atoms with van der Waals surface area (Å²) in [7, 11) is 0. The molecular weight excluding hydrogens is 312 g/mol. The molecule has 1 amide bonds. The molecule has 0 fully saturated rings. The van der Waals surface area contributed by atoms with Crippen LogP contribution in [0.15, 0.2) is 60.7 Å². The number of rotatable bonds is 5. The summed E-state index contributed by atoms with van der Waals surface area (Å²) in [6.45, 7) is -2.73. The Bertz CT molecular complexity index is 762. The minimum absolute atomic E-state index is 0.0143. The van der Waals surface area contributed by atoms with Crippen LogP contribution in [0, 0.1) is 11.8 Å². The van der Waals surface area contributed by atoms with Crippen LogP contribution in [0.5, 0.6) is 5.75 Å². The molecule has 0 aliphatic heterocycles. The second-order valence-corrected chi connectivity index (χ2v) is 4.64. The lowest BCUT2D eigenvalue weighted by Crippen LogP contribution is -2.20. The minimum Gasteiger partial charge on any atom is -0.434 e. The fraction of sp³-hybridized carbons (Fsp3) is 0.105. The van der Waals surface area contributed by atoms with Crippen LogP contribution in [0.2, 0.25) is 0 Å². The maximum absolute atomic E-state index is 12.3. The molecule has 0 spiro atoms. The van der Waals surface area contributed by atoms with Crippen LogP contribution < -0.4 is 10.1 Å². The highest BCUT2D eigenvalue weighted by atomic mass is 19.3. The zero-order valence-corrected chi connectivity index (χ0v) is 12.7. The van der Waals surface area contributed by atoms with E-state index in [0.29, 0.717) is 5.56 Å². The van der Waals surface area contributed by atoms with Gasteiger partial charge in [-0.05, 0) is 24.3 Å². The molecule has 0 atom stereocenters. The summed E-state index contributed by atoms with van der Waals surface area (Å²) in [5, 5.41) is 2.60. The maximum atomic E-state index is 12.3. The third-order valence-electron chi connectivity index (χ3n) is 2.91. The molecule has 0 aliphatic rings. The first-order valence-electron chi connectivity index (χ1n) is 7.19. The van der Waals surface area contributed by atoms with Gasteiger partial charge < -0.3 is 10.1 Å². The molecule has 0 aliphatic carbocycles. The van der Waals surface area contributed by atoms with E-state index in [9.17, 15) is 13.6 Å². The van der Waals surface area contributed by atoms with Crippen molar-refractivity contribution in [1.82, 2.24) is 5.32 Å². The average molecular weight is 327 g/mol. The lowest BCUT2D eigenvalue weighted by atomic mass is 10.2. The van der Waals surface area contributed by atoms with Gasteiger partial charge in [0.25, 0.3) is 0 Å². The Morgan fingerprint density at radius 1 is 1.12 bits per heavy atom. The molecule has 0 radical (unpaired) electrons. The number of para-hydroxylation sites is 1. The molecule has 5 heteroatoms. The molecule has 3 nitrogen and oxygen atoms in total. The van der Waals surface area contributed by atoms with Crippen molar-refractivity contribution in [2.75, 3.05) is 6.54 Å². The predicted molar refractivity (Wildman–Crippen MR) is 88.4 cm³/mol. The average Bonchev–Trinajstić information content (AvgIpc) is 2.58. The molecule has 2 rings (SSSR count). The van der Waals surface area contributed by atoms with Crippen molar-refractivity contribution in [2.24, 2.45) is 0 Å². The van der Waals surface area contributed by atoms with Crippen molar-refractivity contribution in [1.29, 1.82) is 0 Å². The molecule has 0 heterocycles. The number of nitrogens with one attached hydrogen (secondary N) is 1. The Labute approximate surface area is 139 Å². The number of carbonyl (C=O) groups excluding carboxylic acids is 1. The molecule has 0 bridgehead atoms. The van der Waals surface area contributed by atoms with Gasteiger partial charge in [-0.25, -0.2) is 0 Å². The Morgan fingerprint density at radius 3 is 2.58 bits per heavy atom. The third-order valence-corrected chi connectivity index (χ3v) is 2.91. The summed E-state index contributed by atoms with van der Waals surface area (Å²) in [6, 6.07) is 15.6. The van der Waals surface area contributed by atoms with Crippen LogP contribution >= 0.6 is 0 Å². The van der Waals surface area contributed by atoms with Gasteiger partial charge in [-0.3, -0.25) is 4.79 Å². The van der Waals surface area contributed by atoms with Gasteiger partial charge in [0.1, 0.15) is 5.75 Å². The van der Waals surface area contributed by atoms with Crippen LogP contribution in [0.1, 0.15) is 11.1 Å². The van der Waals surface area contributed by atoms with Crippen molar-refractivity contribution >= 4 is 12.0 Å². The van der Waals surface area contributed by atoms with Gasteiger partial charge in [0.05, 0.1) is 6.54 Å². The van der Waals surface area contributed by atoms with Gasteiger partial charge in [0.2, 0.25) is 5.91 Å². The lowest BCUT2D eigenvalue weighted by molar-refractivity contribution is -0.116. The van der Waals surface area contributed by atoms with Crippen molar-refractivity contribution in [3.05, 3.63) is 71.8 Å². The lowest BCUT2D eigenvalue weighted by Gasteiger charge is -2.07. The van der Waals surface area contributed by atoms with E-state index < -0.39 is 6.61 Å². The fourth-order valence-corrected chi connectivity index (χ4v) is 1.84. The van der Waals surface area contributed by atoms with Crippen LogP contribution in [-0.2, 0) is 4.79 Å². The molecule has 0 unspecified atom stereocenters. The highest BCUT2D eigenvalue weighted by Gasteiger charge is 2.07. The first kappa shape index (κ1) is 17.2. The predicted octanol–water partition coefficient (Wildman–Crippen LogP) is 3.47. The first-order valence-corrected chi connectivity index (χ1v) is 7.19. The van der Waals surface area contributed by atoms with Gasteiger partial charge in [-0.2, -0.15) is 8.78 Å². The quantitative estimate of drug-likeness (QED) is 0.674. The number of carbonyl (C=O) groups is 1. The molecule has 2 aromatic rings. The van der Waals surface area contributed by atoms with Gasteiger partial charge in [-0.1, -0.05) is 48.2 Å². The van der Waals surface area contributed by atoms with E-state index in [4.69, 9.17) is 0 Å². The summed E-state index contributed by atoms with van der Waals surface area (Å²) in [6.07, 6.45) is 2.66. The Kier molecular flexibility index (Phi) is 6.54. The van der Waals surface area contributed by atoms with Gasteiger partial charge in [0, 0.05) is 17.2 Å². The monoisotopic (exact) mass is 327 g/mol. The van der Waals surface area contributed by atoms with E-state index in [2.05, 4.69) is 21.9 Å². The van der Waals surface area contributed by atoms with Gasteiger partial charge >= 0.3 is 6.61 Å². The molecule has 0 saturated heterocycles. The maximum Gasteiger partial charge on any atom is 0.387 e. The summed E-state index contributed by atoms with van der Waals surface area (Å²) in [5.41, 5.74) is 1.25. The molecule has 1 N–H and O–H groups in total. The molecule has 2 aromatic carbocycles. The van der Waals surface area contributed by atoms with Crippen LogP contribution in [0.4, 0.5) is 8.78 Å². The number of hydrogen-bond donors (Lipinski definition) is 1. The van der Waals surface area contributed by atoms with Gasteiger partial charge in [-0.15, -0.1) is 0 Å². The highest BCUT2D eigenvalue weighted by molar-refractivity contribution is 5.92. The molecule has 0 aromatic heterocycles. The van der Waals surface area contributed by atoms with E-state index in [1.807, 2.05) is 30.3 Å². The largest absolute Gasteiger partial charge is 0.434 e. The van der Waals surface area contributed by atoms with E-state index in [-0.39, 0.29) is 18.2 Å². The molecule has 122 valence electrons. The smallest absolute Gasteiger partial charge is 0.387 e. The molecule has 0 saturated carbocycles. The summed E-state index contributed by atoms with van der Waals surface area (Å²) < 4.78 is 29.0. The van der Waals surface area contributed by atoms with Crippen molar-refractivity contribution < 1.29 is 18.3 Å². The number of ether oxygens (including phenoxy) is 1. The zero-order valence-electron chi connectivity index (χ0n) is 12.7. The fourth-order valence-electron chi connectivity index (χ4n) is 1.84. The Morgan fingerprint density at radius 2 is 1.83 bits per heavy atom. The van der Waals surface area contributed by atoms with Crippen molar-refractivity contribution in [3.63, 3.8) is 0 Å². The Balaban J connectivity index is 1.89. The molecule has 24 heavy (non-hydrogen) atoms. The number of halogens is 2. The van der Waals surface area contributed by atoms with Crippen molar-refractivity contribution in [3.8, 4) is 17.6 Å². The summed E-state index contributed by atoms with van der Waals surface area (Å²) in [5.74, 6) is 5.38. The summed E-state index contributed by atoms with van der Waals surface area (Å²) >= 11 is 0. The topological polar surface area (TPSA) is 38.3 Å². The van der Waals surface area contributed by atoms with Gasteiger partial charge in [0.15, 0.2) is 0 Å². The summed E-state index contributed by atoms with van der Waals surface area (Å²) in [4.78, 5) is 11.7. The van der Waals surface area contributed by atoms with E-state index in [0.717, 1.165) is 5.56 Å². The van der Waals surface area contributed by atoms with Crippen LogP contribution in [0.3, 0.4) is 0 Å². The van der Waals surface area contributed by atoms with E-state index in [1.165, 1.54) is 18.2 Å². The second kappa shape index (κ2) is 9.11. The highest BCUT2D eigenvalue weighted by Crippen LogP contribution is 2.21. The zero-order chi connectivity index (χ0) is 17.2. The number of hydrogen-bond acceptors (Lipinski definition) is 2. The number of alkyl halides is 2. The number of benzene rings is 2. The van der Waals surface area contributed by atoms with E-state index in [1.54, 1.807) is 18.2 Å². The minimum atomic E-state index is -2.92. The standard InChI is InChI=1S/C19H15F2NO2/c20-19(21)24-17-11-5-4-10-16(17)12-13-18(23)22-14-6-9-15-7-2-1-3-8-15/h1-5,7-8,10-13,19H,14H2,(H,22,23)/b13-12+. The Hall–Kier alpha value is -3.13. The normalized spacial score (nSPS) is 10.3. The van der Waals surface area contributed by atoms with Crippen LogP contribution in [0.25, 0.3) is 6.08 Å². The van der Waals surface area contributed by atoms with E-state index >= 15 is 0 Å². The number of amides is 1. The molecular formula is C19H15F2NO2. The SMILES string of the molecule is O=C(/C=C/c1ccccc1OC(F)F)NCC#Cc1ccccc1. The van der Waals surface area contributed by atoms with Crippen molar-refractivity contribution in [2.45, 2.75) is 6.61 Å².